The second-order valence-corrected chi connectivity index (χ2v) is 4.54. The standard InChI is InChI=1S/C12H8BrFN2O3/c1-7-9(13)3-5-12(15-7)19-8-2-4-11(16(17)18)10(14)6-8/h2-6H,1H3. The molecule has 0 saturated heterocycles. The van der Waals surface area contributed by atoms with Crippen molar-refractivity contribution < 1.29 is 14.1 Å². The van der Waals surface area contributed by atoms with Gasteiger partial charge in [-0.3, -0.25) is 10.1 Å². The number of halogens is 2. The van der Waals surface area contributed by atoms with E-state index in [9.17, 15) is 14.5 Å². The summed E-state index contributed by atoms with van der Waals surface area (Å²) in [5.41, 5.74) is 0.132. The lowest BCUT2D eigenvalue weighted by Gasteiger charge is -2.06. The first-order chi connectivity index (χ1) is 8.97. The highest BCUT2D eigenvalue weighted by molar-refractivity contribution is 9.10. The molecule has 98 valence electrons. The summed E-state index contributed by atoms with van der Waals surface area (Å²) in [4.78, 5) is 13.8. The lowest BCUT2D eigenvalue weighted by molar-refractivity contribution is -0.387. The van der Waals surface area contributed by atoms with Crippen LogP contribution >= 0.6 is 15.9 Å². The van der Waals surface area contributed by atoms with Gasteiger partial charge in [-0.15, -0.1) is 0 Å². The van der Waals surface area contributed by atoms with Crippen molar-refractivity contribution in [3.63, 3.8) is 0 Å². The lowest BCUT2D eigenvalue weighted by Crippen LogP contribution is -1.94. The van der Waals surface area contributed by atoms with Crippen molar-refractivity contribution in [2.24, 2.45) is 0 Å². The Morgan fingerprint density at radius 3 is 2.68 bits per heavy atom. The van der Waals surface area contributed by atoms with Gasteiger partial charge in [0.05, 0.1) is 10.6 Å². The van der Waals surface area contributed by atoms with Gasteiger partial charge in [0.1, 0.15) is 5.75 Å². The maximum Gasteiger partial charge on any atom is 0.305 e. The average Bonchev–Trinajstić information content (AvgIpc) is 2.33. The molecule has 19 heavy (non-hydrogen) atoms. The molecule has 2 aromatic rings. The first-order valence-electron chi connectivity index (χ1n) is 5.22. The molecule has 0 N–H and O–H groups in total. The largest absolute Gasteiger partial charge is 0.439 e. The van der Waals surface area contributed by atoms with Crippen LogP contribution in [0.1, 0.15) is 5.69 Å². The fraction of sp³-hybridized carbons (Fsp3) is 0.0833. The molecule has 0 bridgehead atoms. The molecule has 0 atom stereocenters. The van der Waals surface area contributed by atoms with Crippen LogP contribution in [0, 0.1) is 22.9 Å². The molecule has 0 unspecified atom stereocenters. The summed E-state index contributed by atoms with van der Waals surface area (Å²) in [7, 11) is 0. The normalized spacial score (nSPS) is 10.3. The Kier molecular flexibility index (Phi) is 3.75. The Labute approximate surface area is 116 Å². The predicted octanol–water partition coefficient (Wildman–Crippen LogP) is 3.99. The van der Waals surface area contributed by atoms with Gasteiger partial charge in [0.15, 0.2) is 0 Å². The number of aryl methyl sites for hydroxylation is 1. The lowest BCUT2D eigenvalue weighted by atomic mass is 10.3. The quantitative estimate of drug-likeness (QED) is 0.631. The number of nitrogens with zero attached hydrogens (tertiary/aromatic N) is 2. The maximum absolute atomic E-state index is 13.4. The van der Waals surface area contributed by atoms with Crippen LogP contribution in [0.4, 0.5) is 10.1 Å². The number of aromatic nitrogens is 1. The molecule has 0 radical (unpaired) electrons. The van der Waals surface area contributed by atoms with Crippen LogP contribution in [0.5, 0.6) is 11.6 Å². The van der Waals surface area contributed by atoms with E-state index in [0.717, 1.165) is 22.3 Å². The van der Waals surface area contributed by atoms with E-state index in [1.807, 2.05) is 0 Å². The molecule has 0 amide bonds. The fourth-order valence-corrected chi connectivity index (χ4v) is 1.62. The Balaban J connectivity index is 2.26. The molecule has 1 aromatic carbocycles. The second-order valence-electron chi connectivity index (χ2n) is 3.69. The Bertz CT molecular complexity index is 649. The van der Waals surface area contributed by atoms with E-state index in [0.29, 0.717) is 0 Å². The second kappa shape index (κ2) is 5.31. The summed E-state index contributed by atoms with van der Waals surface area (Å²) in [6.07, 6.45) is 0. The Morgan fingerprint density at radius 2 is 2.11 bits per heavy atom. The van der Waals surface area contributed by atoms with E-state index in [1.165, 1.54) is 6.07 Å². The molecular weight excluding hydrogens is 319 g/mol. The molecule has 0 spiro atoms. The minimum atomic E-state index is -0.948. The van der Waals surface area contributed by atoms with Crippen molar-refractivity contribution in [3.8, 4) is 11.6 Å². The van der Waals surface area contributed by atoms with Crippen LogP contribution in [-0.2, 0) is 0 Å². The third-order valence-electron chi connectivity index (χ3n) is 2.33. The molecule has 1 heterocycles. The van der Waals surface area contributed by atoms with Crippen molar-refractivity contribution in [1.82, 2.24) is 4.98 Å². The number of ether oxygens (including phenoxy) is 1. The van der Waals surface area contributed by atoms with Crippen LogP contribution in [0.3, 0.4) is 0 Å². The van der Waals surface area contributed by atoms with Gasteiger partial charge in [-0.2, -0.15) is 4.39 Å². The summed E-state index contributed by atoms with van der Waals surface area (Å²) in [5.74, 6) is -0.511. The maximum atomic E-state index is 13.4. The van der Waals surface area contributed by atoms with E-state index >= 15 is 0 Å². The number of nitro benzene ring substituents is 1. The van der Waals surface area contributed by atoms with Gasteiger partial charge < -0.3 is 4.74 Å². The Hall–Kier alpha value is -2.02. The smallest absolute Gasteiger partial charge is 0.305 e. The third kappa shape index (κ3) is 3.05. The number of benzene rings is 1. The first kappa shape index (κ1) is 13.4. The van der Waals surface area contributed by atoms with Crippen molar-refractivity contribution in [3.05, 3.63) is 56.4 Å². The number of hydrogen-bond acceptors (Lipinski definition) is 4. The zero-order valence-electron chi connectivity index (χ0n) is 9.76. The molecule has 0 fully saturated rings. The molecular formula is C12H8BrFN2O3. The minimum Gasteiger partial charge on any atom is -0.439 e. The van der Waals surface area contributed by atoms with Crippen LogP contribution in [0.25, 0.3) is 0 Å². The SMILES string of the molecule is Cc1nc(Oc2ccc([N+](=O)[O-])c(F)c2)ccc1Br. The van der Waals surface area contributed by atoms with Gasteiger partial charge in [0.2, 0.25) is 11.7 Å². The Morgan fingerprint density at radius 1 is 1.37 bits per heavy atom. The van der Waals surface area contributed by atoms with Crippen LogP contribution < -0.4 is 4.74 Å². The van der Waals surface area contributed by atoms with Gasteiger partial charge in [-0.1, -0.05) is 0 Å². The van der Waals surface area contributed by atoms with E-state index in [-0.39, 0.29) is 11.6 Å². The van der Waals surface area contributed by atoms with Crippen LogP contribution in [-0.4, -0.2) is 9.91 Å². The summed E-state index contributed by atoms with van der Waals surface area (Å²) in [5, 5.41) is 10.5. The van der Waals surface area contributed by atoms with E-state index in [4.69, 9.17) is 4.74 Å². The monoisotopic (exact) mass is 326 g/mol. The van der Waals surface area contributed by atoms with Crippen molar-refractivity contribution in [1.29, 1.82) is 0 Å². The van der Waals surface area contributed by atoms with E-state index < -0.39 is 16.4 Å². The summed E-state index contributed by atoms with van der Waals surface area (Å²) < 4.78 is 19.6. The van der Waals surface area contributed by atoms with Crippen molar-refractivity contribution >= 4 is 21.6 Å². The van der Waals surface area contributed by atoms with E-state index in [2.05, 4.69) is 20.9 Å². The third-order valence-corrected chi connectivity index (χ3v) is 3.17. The zero-order valence-corrected chi connectivity index (χ0v) is 11.3. The first-order valence-corrected chi connectivity index (χ1v) is 6.01. The van der Waals surface area contributed by atoms with Crippen molar-refractivity contribution in [2.75, 3.05) is 0 Å². The predicted molar refractivity (Wildman–Crippen MR) is 69.8 cm³/mol. The van der Waals surface area contributed by atoms with Crippen molar-refractivity contribution in [2.45, 2.75) is 6.92 Å². The number of rotatable bonds is 3. The highest BCUT2D eigenvalue weighted by Gasteiger charge is 2.14. The van der Waals surface area contributed by atoms with Crippen LogP contribution in [0.15, 0.2) is 34.8 Å². The van der Waals surface area contributed by atoms with Gasteiger partial charge in [-0.05, 0) is 35.0 Å². The van der Waals surface area contributed by atoms with Gasteiger partial charge in [-0.25, -0.2) is 4.98 Å². The topological polar surface area (TPSA) is 65.3 Å². The van der Waals surface area contributed by atoms with Gasteiger partial charge in [0.25, 0.3) is 0 Å². The zero-order chi connectivity index (χ0) is 14.0. The average molecular weight is 327 g/mol. The highest BCUT2D eigenvalue weighted by Crippen LogP contribution is 2.26. The minimum absolute atomic E-state index is 0.150. The summed E-state index contributed by atoms with van der Waals surface area (Å²) >= 11 is 3.30. The van der Waals surface area contributed by atoms with Gasteiger partial charge in [0, 0.05) is 22.7 Å². The number of nitro groups is 1. The van der Waals surface area contributed by atoms with E-state index in [1.54, 1.807) is 19.1 Å². The molecule has 0 saturated carbocycles. The number of pyridine rings is 1. The van der Waals surface area contributed by atoms with Gasteiger partial charge >= 0.3 is 5.69 Å². The molecule has 0 aliphatic heterocycles. The molecule has 0 aliphatic rings. The number of hydrogen-bond donors (Lipinski definition) is 0. The highest BCUT2D eigenvalue weighted by atomic mass is 79.9. The van der Waals surface area contributed by atoms with Crippen LogP contribution in [0.2, 0.25) is 0 Å². The molecule has 2 rings (SSSR count). The molecule has 0 aliphatic carbocycles. The molecule has 7 heteroatoms. The molecule has 1 aromatic heterocycles. The molecule has 5 nitrogen and oxygen atoms in total. The fourth-order valence-electron chi connectivity index (χ4n) is 1.40. The summed E-state index contributed by atoms with van der Waals surface area (Å²) in [6, 6.07) is 6.68. The summed E-state index contributed by atoms with van der Waals surface area (Å²) in [6.45, 7) is 1.79.